The number of aromatic nitrogens is 2. The Morgan fingerprint density at radius 3 is 3.17 bits per heavy atom. The third-order valence-corrected chi connectivity index (χ3v) is 1.15. The average Bonchev–Trinajstić information content (AvgIpc) is 2.47. The average molecular weight is 167 g/mol. The van der Waals surface area contributed by atoms with Gasteiger partial charge in [-0.05, 0) is 0 Å². The van der Waals surface area contributed by atoms with Crippen LogP contribution in [0, 0.1) is 0 Å². The first kappa shape index (κ1) is 8.32. The van der Waals surface area contributed by atoms with Gasteiger partial charge < -0.3 is 10.5 Å². The van der Waals surface area contributed by atoms with E-state index in [4.69, 9.17) is 10.5 Å². The van der Waals surface area contributed by atoms with E-state index in [9.17, 15) is 4.79 Å². The van der Waals surface area contributed by atoms with Crippen LogP contribution < -0.4 is 5.73 Å². The van der Waals surface area contributed by atoms with E-state index in [1.54, 1.807) is 0 Å². The fourth-order valence-electron chi connectivity index (χ4n) is 0.654. The van der Waals surface area contributed by atoms with Crippen molar-refractivity contribution in [2.75, 3.05) is 12.3 Å². The fraction of sp³-hybridized carbons (Fsp3) is 0.143. The molecule has 0 radical (unpaired) electrons. The van der Waals surface area contributed by atoms with Crippen LogP contribution in [0.2, 0.25) is 0 Å². The molecule has 0 spiro atoms. The highest BCUT2D eigenvalue weighted by molar-refractivity contribution is 5.88. The number of rotatable bonds is 3. The lowest BCUT2D eigenvalue weighted by Gasteiger charge is -1.96. The van der Waals surface area contributed by atoms with Gasteiger partial charge in [0.15, 0.2) is 0 Å². The summed E-state index contributed by atoms with van der Waals surface area (Å²) < 4.78 is 4.71. The molecule has 1 heterocycles. The Hall–Kier alpha value is -1.78. The molecule has 0 bridgehead atoms. The number of H-pyrrole nitrogens is 1. The van der Waals surface area contributed by atoms with E-state index in [1.807, 2.05) is 0 Å². The number of hydrogen-bond donors (Lipinski definition) is 2. The zero-order valence-corrected chi connectivity index (χ0v) is 6.41. The number of hydrogen-bond acceptors (Lipinski definition) is 4. The molecule has 0 aliphatic carbocycles. The van der Waals surface area contributed by atoms with Gasteiger partial charge in [-0.3, -0.25) is 5.10 Å². The van der Waals surface area contributed by atoms with Crippen molar-refractivity contribution in [1.82, 2.24) is 10.2 Å². The van der Waals surface area contributed by atoms with Crippen molar-refractivity contribution < 1.29 is 9.53 Å². The van der Waals surface area contributed by atoms with Gasteiger partial charge in [-0.1, -0.05) is 12.7 Å². The van der Waals surface area contributed by atoms with Crippen molar-refractivity contribution in [2.45, 2.75) is 0 Å². The minimum absolute atomic E-state index is 0.178. The quantitative estimate of drug-likeness (QED) is 0.502. The number of nitrogens with one attached hydrogen (secondary N) is 1. The van der Waals surface area contributed by atoms with Crippen LogP contribution in [0.25, 0.3) is 0 Å². The third-order valence-electron chi connectivity index (χ3n) is 1.15. The Bertz CT molecular complexity index is 293. The van der Waals surface area contributed by atoms with Crippen LogP contribution in [-0.4, -0.2) is 22.8 Å². The Morgan fingerprint density at radius 1 is 1.92 bits per heavy atom. The van der Waals surface area contributed by atoms with Gasteiger partial charge in [0, 0.05) is 6.07 Å². The van der Waals surface area contributed by atoms with Crippen LogP contribution in [0.15, 0.2) is 18.7 Å². The van der Waals surface area contributed by atoms with Gasteiger partial charge in [0.2, 0.25) is 0 Å². The summed E-state index contributed by atoms with van der Waals surface area (Å²) in [6.07, 6.45) is 1.48. The number of nitrogens with two attached hydrogens (primary N) is 1. The second-order valence-electron chi connectivity index (χ2n) is 2.09. The molecular weight excluding hydrogens is 158 g/mol. The van der Waals surface area contributed by atoms with Gasteiger partial charge in [-0.15, -0.1) is 0 Å². The predicted molar refractivity (Wildman–Crippen MR) is 43.5 cm³/mol. The van der Waals surface area contributed by atoms with Crippen LogP contribution in [0.1, 0.15) is 10.5 Å². The van der Waals surface area contributed by atoms with E-state index in [1.165, 1.54) is 12.1 Å². The zero-order valence-electron chi connectivity index (χ0n) is 6.41. The summed E-state index contributed by atoms with van der Waals surface area (Å²) in [6.45, 7) is 3.58. The highest BCUT2D eigenvalue weighted by atomic mass is 16.5. The molecule has 64 valence electrons. The van der Waals surface area contributed by atoms with Crippen molar-refractivity contribution in [1.29, 1.82) is 0 Å². The monoisotopic (exact) mass is 167 g/mol. The molecule has 12 heavy (non-hydrogen) atoms. The molecule has 5 nitrogen and oxygen atoms in total. The lowest BCUT2D eigenvalue weighted by Crippen LogP contribution is -2.05. The van der Waals surface area contributed by atoms with E-state index in [-0.39, 0.29) is 18.1 Å². The highest BCUT2D eigenvalue weighted by Gasteiger charge is 2.08. The van der Waals surface area contributed by atoms with E-state index in [0.29, 0.717) is 0 Å². The maximum Gasteiger partial charge on any atom is 0.356 e. The van der Waals surface area contributed by atoms with Gasteiger partial charge in [-0.25, -0.2) is 4.79 Å². The summed E-state index contributed by atoms with van der Waals surface area (Å²) in [5, 5.41) is 6.00. The highest BCUT2D eigenvalue weighted by Crippen LogP contribution is 2.01. The minimum Gasteiger partial charge on any atom is -0.457 e. The number of ether oxygens (including phenoxy) is 1. The van der Waals surface area contributed by atoms with Crippen LogP contribution in [0.5, 0.6) is 0 Å². The van der Waals surface area contributed by atoms with Crippen molar-refractivity contribution in [3.8, 4) is 0 Å². The van der Waals surface area contributed by atoms with Crippen molar-refractivity contribution >= 4 is 11.8 Å². The van der Waals surface area contributed by atoms with Crippen molar-refractivity contribution in [3.63, 3.8) is 0 Å². The molecule has 0 aliphatic rings. The standard InChI is InChI=1S/C7H9N3O2/c1-2-3-12-7(11)5-4-6(8)10-9-5/h2,4H,1,3H2,(H3,8,9,10). The number of nitrogens with zero attached hydrogens (tertiary/aromatic N) is 1. The second kappa shape index (κ2) is 3.56. The first-order valence-corrected chi connectivity index (χ1v) is 3.33. The molecule has 0 atom stereocenters. The lowest BCUT2D eigenvalue weighted by atomic mass is 10.4. The van der Waals surface area contributed by atoms with Crippen LogP contribution in [0.4, 0.5) is 5.82 Å². The van der Waals surface area contributed by atoms with Crippen LogP contribution in [0.3, 0.4) is 0 Å². The number of nitrogen functional groups attached to an aromatic ring is 1. The maximum atomic E-state index is 11.0. The Labute approximate surface area is 69.2 Å². The number of esters is 1. The third kappa shape index (κ3) is 1.85. The molecule has 1 rings (SSSR count). The first-order valence-electron chi connectivity index (χ1n) is 3.33. The zero-order chi connectivity index (χ0) is 8.97. The largest absolute Gasteiger partial charge is 0.457 e. The smallest absolute Gasteiger partial charge is 0.356 e. The molecule has 1 aromatic rings. The van der Waals surface area contributed by atoms with Crippen LogP contribution in [-0.2, 0) is 4.74 Å². The molecule has 5 heteroatoms. The fourth-order valence-corrected chi connectivity index (χ4v) is 0.654. The molecule has 0 amide bonds. The Morgan fingerprint density at radius 2 is 2.67 bits per heavy atom. The second-order valence-corrected chi connectivity index (χ2v) is 2.09. The molecule has 0 aliphatic heterocycles. The minimum atomic E-state index is -0.487. The van der Waals surface area contributed by atoms with E-state index in [2.05, 4.69) is 16.8 Å². The number of anilines is 1. The normalized spacial score (nSPS) is 9.33. The van der Waals surface area contributed by atoms with Crippen molar-refractivity contribution in [2.24, 2.45) is 0 Å². The summed E-state index contributed by atoms with van der Waals surface area (Å²) in [5.74, 6) is -0.223. The summed E-state index contributed by atoms with van der Waals surface area (Å²) in [7, 11) is 0. The summed E-state index contributed by atoms with van der Waals surface area (Å²) in [6, 6.07) is 1.41. The molecule has 0 fully saturated rings. The molecule has 0 aromatic carbocycles. The van der Waals surface area contributed by atoms with Crippen LogP contribution >= 0.6 is 0 Å². The lowest BCUT2D eigenvalue weighted by molar-refractivity contribution is 0.0543. The summed E-state index contributed by atoms with van der Waals surface area (Å²) in [4.78, 5) is 11.0. The van der Waals surface area contributed by atoms with E-state index >= 15 is 0 Å². The summed E-state index contributed by atoms with van der Waals surface area (Å²) >= 11 is 0. The van der Waals surface area contributed by atoms with Gasteiger partial charge in [-0.2, -0.15) is 5.10 Å². The van der Waals surface area contributed by atoms with Gasteiger partial charge in [0.1, 0.15) is 18.1 Å². The topological polar surface area (TPSA) is 81.0 Å². The molecule has 0 saturated heterocycles. The molecule has 1 aromatic heterocycles. The van der Waals surface area contributed by atoms with E-state index < -0.39 is 5.97 Å². The SMILES string of the molecule is C=CCOC(=O)c1cc(N)n[nH]1. The first-order chi connectivity index (χ1) is 5.74. The predicted octanol–water partition coefficient (Wildman–Crippen LogP) is 0.335. The summed E-state index contributed by atoms with van der Waals surface area (Å²) in [5.41, 5.74) is 5.52. The van der Waals surface area contributed by atoms with Gasteiger partial charge in [0.05, 0.1) is 0 Å². The van der Waals surface area contributed by atoms with E-state index in [0.717, 1.165) is 0 Å². The molecule has 0 unspecified atom stereocenters. The Balaban J connectivity index is 2.59. The van der Waals surface area contributed by atoms with Crippen molar-refractivity contribution in [3.05, 3.63) is 24.4 Å². The Kier molecular flexibility index (Phi) is 2.47. The molecular formula is C7H9N3O2. The number of carbonyl (C=O) groups is 1. The number of aromatic amines is 1. The van der Waals surface area contributed by atoms with Gasteiger partial charge in [0.25, 0.3) is 0 Å². The maximum absolute atomic E-state index is 11.0. The van der Waals surface area contributed by atoms with Gasteiger partial charge >= 0.3 is 5.97 Å². The molecule has 3 N–H and O–H groups in total. The number of carbonyl (C=O) groups excluding carboxylic acids is 1. The molecule has 0 saturated carbocycles.